The molecule has 0 aliphatic carbocycles. The average molecular weight is 528 g/mol. The lowest BCUT2D eigenvalue weighted by atomic mass is 10.0. The molecule has 0 saturated heterocycles. The van der Waals surface area contributed by atoms with Crippen LogP contribution in [0, 0.1) is 17.0 Å². The van der Waals surface area contributed by atoms with Gasteiger partial charge in [-0.1, -0.05) is 54.1 Å². The lowest BCUT2D eigenvalue weighted by molar-refractivity contribution is -0.687. The fourth-order valence-electron chi connectivity index (χ4n) is 4.77. The van der Waals surface area contributed by atoms with E-state index in [1.165, 1.54) is 11.1 Å². The van der Waals surface area contributed by atoms with E-state index in [1.807, 2.05) is 18.7 Å². The van der Waals surface area contributed by atoms with Crippen molar-refractivity contribution in [3.05, 3.63) is 161 Å². The van der Waals surface area contributed by atoms with E-state index in [4.69, 9.17) is 0 Å². The summed E-state index contributed by atoms with van der Waals surface area (Å²) < 4.78 is 8.45. The monoisotopic (exact) mass is 527 g/mol. The molecule has 0 bridgehead atoms. The largest absolute Gasteiger partial charge is 0.269 e. The maximum absolute atomic E-state index is 10.9. The third-order valence-electron chi connectivity index (χ3n) is 7.05. The number of nitro groups is 1. The SMILES string of the molecule is Cc1ccc(C[n+]2ccn(-c3ccc(-c4ccc(-n5cc[n+](Cc6ccc([N+](=O)[O-])cc6)c5)cc4)cc3)c2)cc1. The average Bonchev–Trinajstić information content (AvgIpc) is 3.65. The van der Waals surface area contributed by atoms with Gasteiger partial charge in [-0.2, -0.15) is 0 Å². The highest BCUT2D eigenvalue weighted by molar-refractivity contribution is 5.65. The predicted octanol–water partition coefficient (Wildman–Crippen LogP) is 5.82. The number of benzene rings is 4. The maximum atomic E-state index is 10.9. The van der Waals surface area contributed by atoms with Crippen molar-refractivity contribution in [1.82, 2.24) is 9.13 Å². The van der Waals surface area contributed by atoms with E-state index in [0.717, 1.165) is 34.6 Å². The van der Waals surface area contributed by atoms with Crippen molar-refractivity contribution in [2.75, 3.05) is 0 Å². The summed E-state index contributed by atoms with van der Waals surface area (Å²) in [6, 6.07) is 32.4. The molecule has 0 spiro atoms. The zero-order valence-corrected chi connectivity index (χ0v) is 22.2. The van der Waals surface area contributed by atoms with E-state index in [1.54, 1.807) is 24.3 Å². The van der Waals surface area contributed by atoms with Gasteiger partial charge < -0.3 is 0 Å². The molecule has 196 valence electrons. The Hall–Kier alpha value is -5.30. The van der Waals surface area contributed by atoms with Crippen LogP contribution in [0.1, 0.15) is 16.7 Å². The highest BCUT2D eigenvalue weighted by Gasteiger charge is 2.11. The summed E-state index contributed by atoms with van der Waals surface area (Å²) in [6.45, 7) is 3.59. The molecule has 0 saturated carbocycles. The maximum Gasteiger partial charge on any atom is 0.269 e. The molecular weight excluding hydrogens is 498 g/mol. The lowest BCUT2D eigenvalue weighted by Gasteiger charge is -2.04. The summed E-state index contributed by atoms with van der Waals surface area (Å²) in [6.07, 6.45) is 12.3. The number of hydrogen-bond acceptors (Lipinski definition) is 2. The van der Waals surface area contributed by atoms with Crippen LogP contribution < -0.4 is 9.13 Å². The quantitative estimate of drug-likeness (QED) is 0.142. The van der Waals surface area contributed by atoms with Crippen LogP contribution >= 0.6 is 0 Å². The van der Waals surface area contributed by atoms with Crippen LogP contribution in [0.5, 0.6) is 0 Å². The van der Waals surface area contributed by atoms with Crippen LogP contribution in [-0.2, 0) is 13.1 Å². The van der Waals surface area contributed by atoms with Crippen LogP contribution in [0.3, 0.4) is 0 Å². The first-order valence-corrected chi connectivity index (χ1v) is 13.1. The second-order valence-corrected chi connectivity index (χ2v) is 9.99. The van der Waals surface area contributed by atoms with Crippen molar-refractivity contribution < 1.29 is 14.1 Å². The minimum Gasteiger partial charge on any atom is -0.258 e. The molecular formula is C33H29N5O2+2. The van der Waals surface area contributed by atoms with Crippen LogP contribution in [0.25, 0.3) is 22.5 Å². The van der Waals surface area contributed by atoms with E-state index in [2.05, 4.69) is 117 Å². The van der Waals surface area contributed by atoms with Crippen molar-refractivity contribution in [3.8, 4) is 22.5 Å². The number of non-ortho nitro benzene ring substituents is 1. The molecule has 0 fully saturated rings. The number of nitrogens with zero attached hydrogens (tertiary/aromatic N) is 5. The summed E-state index contributed by atoms with van der Waals surface area (Å²) in [5, 5.41) is 10.9. The normalized spacial score (nSPS) is 11.0. The van der Waals surface area contributed by atoms with Gasteiger partial charge in [0.2, 0.25) is 12.7 Å². The van der Waals surface area contributed by atoms with Crippen molar-refractivity contribution in [1.29, 1.82) is 0 Å². The molecule has 0 atom stereocenters. The molecule has 40 heavy (non-hydrogen) atoms. The van der Waals surface area contributed by atoms with Crippen LogP contribution in [0.2, 0.25) is 0 Å². The Morgan fingerprint density at radius 3 is 1.48 bits per heavy atom. The molecule has 7 nitrogen and oxygen atoms in total. The number of aryl methyl sites for hydroxylation is 1. The van der Waals surface area contributed by atoms with Crippen molar-refractivity contribution >= 4 is 5.69 Å². The zero-order valence-electron chi connectivity index (χ0n) is 22.2. The number of nitro benzene ring substituents is 1. The van der Waals surface area contributed by atoms with Crippen molar-refractivity contribution in [3.63, 3.8) is 0 Å². The Morgan fingerprint density at radius 2 is 1.05 bits per heavy atom. The molecule has 0 radical (unpaired) electrons. The van der Waals surface area contributed by atoms with Gasteiger partial charge in [0, 0.05) is 12.1 Å². The van der Waals surface area contributed by atoms with E-state index in [0.29, 0.717) is 6.54 Å². The summed E-state index contributed by atoms with van der Waals surface area (Å²) in [4.78, 5) is 10.5. The Balaban J connectivity index is 1.11. The van der Waals surface area contributed by atoms with Gasteiger partial charge in [-0.15, -0.1) is 0 Å². The van der Waals surface area contributed by atoms with Crippen LogP contribution in [0.4, 0.5) is 5.69 Å². The second-order valence-electron chi connectivity index (χ2n) is 9.99. The molecule has 0 N–H and O–H groups in total. The molecule has 2 aromatic heterocycles. The third kappa shape index (κ3) is 5.59. The van der Waals surface area contributed by atoms with Gasteiger partial charge in [-0.05, 0) is 65.6 Å². The number of rotatable bonds is 8. The van der Waals surface area contributed by atoms with Gasteiger partial charge >= 0.3 is 0 Å². The predicted molar refractivity (Wildman–Crippen MR) is 153 cm³/mol. The minimum atomic E-state index is -0.379. The van der Waals surface area contributed by atoms with Gasteiger partial charge in [-0.25, -0.2) is 18.3 Å². The van der Waals surface area contributed by atoms with Crippen molar-refractivity contribution in [2.24, 2.45) is 0 Å². The first-order chi connectivity index (χ1) is 19.5. The van der Waals surface area contributed by atoms with Gasteiger partial charge in [0.05, 0.1) is 4.92 Å². The summed E-state index contributed by atoms with van der Waals surface area (Å²) in [7, 11) is 0. The van der Waals surface area contributed by atoms with Gasteiger partial charge in [-0.3, -0.25) is 10.1 Å². The molecule has 6 aromatic rings. The lowest BCUT2D eigenvalue weighted by Crippen LogP contribution is -2.31. The summed E-state index contributed by atoms with van der Waals surface area (Å²) in [5.41, 5.74) is 8.17. The molecule has 0 aliphatic heterocycles. The van der Waals surface area contributed by atoms with Crippen molar-refractivity contribution in [2.45, 2.75) is 20.0 Å². The van der Waals surface area contributed by atoms with E-state index in [-0.39, 0.29) is 10.6 Å². The minimum absolute atomic E-state index is 0.104. The fourth-order valence-corrected chi connectivity index (χ4v) is 4.77. The summed E-state index contributed by atoms with van der Waals surface area (Å²) >= 11 is 0. The first kappa shape index (κ1) is 25.0. The number of imidazole rings is 2. The highest BCUT2D eigenvalue weighted by atomic mass is 16.6. The standard InChI is InChI=1S/C33H29N5O2/c1-26-2-4-27(5-3-26)22-34-18-20-36(24-34)31-14-8-29(9-15-31)30-10-16-32(17-11-30)37-21-19-35(25-37)23-28-6-12-33(13-7-28)38(39)40/h2-21,24-25H,22-23H2,1H3/q+2. The van der Waals surface area contributed by atoms with E-state index in [9.17, 15) is 10.1 Å². The smallest absolute Gasteiger partial charge is 0.258 e. The zero-order chi connectivity index (χ0) is 27.5. The molecule has 4 aromatic carbocycles. The molecule has 0 amide bonds. The topological polar surface area (TPSA) is 60.8 Å². The van der Waals surface area contributed by atoms with E-state index < -0.39 is 0 Å². The Bertz CT molecular complexity index is 1750. The molecule has 2 heterocycles. The van der Waals surface area contributed by atoms with Crippen LogP contribution in [0.15, 0.2) is 135 Å². The van der Waals surface area contributed by atoms with Gasteiger partial charge in [0.25, 0.3) is 5.69 Å². The molecule has 0 aliphatic rings. The van der Waals surface area contributed by atoms with Gasteiger partial charge in [0.15, 0.2) is 0 Å². The number of hydrogen-bond donors (Lipinski definition) is 0. The summed E-state index contributed by atoms with van der Waals surface area (Å²) in [5.74, 6) is 0. The Morgan fingerprint density at radius 1 is 0.625 bits per heavy atom. The third-order valence-corrected chi connectivity index (χ3v) is 7.05. The van der Waals surface area contributed by atoms with E-state index >= 15 is 0 Å². The Labute approximate surface area is 232 Å². The molecule has 7 heteroatoms. The highest BCUT2D eigenvalue weighted by Crippen LogP contribution is 2.22. The van der Waals surface area contributed by atoms with Crippen LogP contribution in [-0.4, -0.2) is 14.1 Å². The fraction of sp³-hybridized carbons (Fsp3) is 0.0909. The first-order valence-electron chi connectivity index (χ1n) is 13.1. The van der Waals surface area contributed by atoms with Gasteiger partial charge in [0.1, 0.15) is 49.3 Å². The Kier molecular flexibility index (Phi) is 6.77. The molecule has 6 rings (SSSR count). The number of aromatic nitrogens is 4. The molecule has 0 unspecified atom stereocenters. The second kappa shape index (κ2) is 10.8.